The molecule has 2 N–H and O–H groups in total. The number of nitrogens with zero attached hydrogens (tertiary/aromatic N) is 2. The second-order valence-corrected chi connectivity index (χ2v) is 3.23. The molecule has 0 aliphatic rings. The average Bonchev–Trinajstić information content (AvgIpc) is 2.48. The number of nitrogens with two attached hydrogens (primary N) is 1. The number of aryl methyl sites for hydroxylation is 1. The lowest BCUT2D eigenvalue weighted by Gasteiger charge is -1.98. The van der Waals surface area contributed by atoms with Crippen molar-refractivity contribution in [1.29, 1.82) is 0 Å². The molecule has 0 saturated carbocycles. The van der Waals surface area contributed by atoms with Crippen LogP contribution in [0.3, 0.4) is 0 Å². The monoisotopic (exact) mass is 169 g/mol. The van der Waals surface area contributed by atoms with Crippen molar-refractivity contribution < 1.29 is 4.42 Å². The Morgan fingerprint density at radius 2 is 2.00 bits per heavy atom. The highest BCUT2D eigenvalue weighted by molar-refractivity contribution is 4.81. The van der Waals surface area contributed by atoms with Gasteiger partial charge in [0, 0.05) is 6.42 Å². The average molecular weight is 169 g/mol. The van der Waals surface area contributed by atoms with Gasteiger partial charge in [0.1, 0.15) is 0 Å². The second kappa shape index (κ2) is 4.21. The van der Waals surface area contributed by atoms with Crippen LogP contribution in [-0.2, 0) is 13.0 Å². The van der Waals surface area contributed by atoms with Gasteiger partial charge in [0.2, 0.25) is 11.8 Å². The molecule has 12 heavy (non-hydrogen) atoms. The van der Waals surface area contributed by atoms with Crippen molar-refractivity contribution in [3.05, 3.63) is 11.8 Å². The second-order valence-electron chi connectivity index (χ2n) is 3.23. The molecule has 4 heteroatoms. The molecule has 1 heterocycles. The fourth-order valence-electron chi connectivity index (χ4n) is 0.884. The first-order valence-electron chi connectivity index (χ1n) is 4.23. The Morgan fingerprint density at radius 1 is 1.33 bits per heavy atom. The lowest BCUT2D eigenvalue weighted by Crippen LogP contribution is -1.95. The van der Waals surface area contributed by atoms with E-state index in [1.807, 2.05) is 0 Å². The van der Waals surface area contributed by atoms with E-state index in [0.29, 0.717) is 24.2 Å². The van der Waals surface area contributed by atoms with Gasteiger partial charge in [-0.1, -0.05) is 13.8 Å². The number of hydrogen-bond acceptors (Lipinski definition) is 4. The molecule has 0 spiro atoms. The summed E-state index contributed by atoms with van der Waals surface area (Å²) in [5.41, 5.74) is 5.32. The quantitative estimate of drug-likeness (QED) is 0.733. The van der Waals surface area contributed by atoms with Crippen LogP contribution in [-0.4, -0.2) is 10.2 Å². The Bertz CT molecular complexity index is 232. The van der Waals surface area contributed by atoms with Gasteiger partial charge in [0.05, 0.1) is 6.54 Å². The van der Waals surface area contributed by atoms with Crippen LogP contribution in [0.15, 0.2) is 4.42 Å². The van der Waals surface area contributed by atoms with Gasteiger partial charge in [0.15, 0.2) is 0 Å². The van der Waals surface area contributed by atoms with E-state index < -0.39 is 0 Å². The molecule has 4 nitrogen and oxygen atoms in total. The highest BCUT2D eigenvalue weighted by Gasteiger charge is 2.04. The SMILES string of the molecule is CC(C)CCc1nnc(CN)o1. The summed E-state index contributed by atoms with van der Waals surface area (Å²) in [4.78, 5) is 0. The normalized spacial score (nSPS) is 11.0. The third-order valence-electron chi connectivity index (χ3n) is 1.62. The van der Waals surface area contributed by atoms with Crippen LogP contribution in [0.2, 0.25) is 0 Å². The molecule has 0 amide bonds. The molecule has 0 bridgehead atoms. The zero-order valence-electron chi connectivity index (χ0n) is 7.58. The van der Waals surface area contributed by atoms with Crippen molar-refractivity contribution in [3.63, 3.8) is 0 Å². The van der Waals surface area contributed by atoms with Gasteiger partial charge in [-0.3, -0.25) is 0 Å². The van der Waals surface area contributed by atoms with E-state index >= 15 is 0 Å². The van der Waals surface area contributed by atoms with Gasteiger partial charge in [-0.05, 0) is 12.3 Å². The van der Waals surface area contributed by atoms with Crippen molar-refractivity contribution in [2.45, 2.75) is 33.2 Å². The maximum absolute atomic E-state index is 5.32. The minimum absolute atomic E-state index is 0.328. The predicted molar refractivity (Wildman–Crippen MR) is 45.3 cm³/mol. The van der Waals surface area contributed by atoms with Crippen LogP contribution >= 0.6 is 0 Å². The molecule has 1 rings (SSSR count). The van der Waals surface area contributed by atoms with E-state index in [9.17, 15) is 0 Å². The first-order chi connectivity index (χ1) is 5.72. The molecule has 68 valence electrons. The summed E-state index contributed by atoms with van der Waals surface area (Å²) in [6, 6.07) is 0. The van der Waals surface area contributed by atoms with Crippen molar-refractivity contribution >= 4 is 0 Å². The maximum Gasteiger partial charge on any atom is 0.230 e. The van der Waals surface area contributed by atoms with Crippen LogP contribution in [0.1, 0.15) is 32.0 Å². The van der Waals surface area contributed by atoms with E-state index in [4.69, 9.17) is 10.2 Å². The molecule has 0 atom stereocenters. The zero-order chi connectivity index (χ0) is 8.97. The summed E-state index contributed by atoms with van der Waals surface area (Å²) in [7, 11) is 0. The third-order valence-corrected chi connectivity index (χ3v) is 1.62. The maximum atomic E-state index is 5.32. The van der Waals surface area contributed by atoms with Gasteiger partial charge in [-0.25, -0.2) is 0 Å². The molecule has 1 aromatic rings. The number of rotatable bonds is 4. The van der Waals surface area contributed by atoms with Crippen molar-refractivity contribution in [1.82, 2.24) is 10.2 Å². The molecule has 0 aromatic carbocycles. The summed E-state index contributed by atoms with van der Waals surface area (Å²) >= 11 is 0. The highest BCUT2D eigenvalue weighted by Crippen LogP contribution is 2.07. The molecule has 0 saturated heterocycles. The molecule has 0 unspecified atom stereocenters. The molecule has 0 aliphatic carbocycles. The minimum Gasteiger partial charge on any atom is -0.424 e. The van der Waals surface area contributed by atoms with Crippen LogP contribution in [0.25, 0.3) is 0 Å². The topological polar surface area (TPSA) is 64.9 Å². The summed E-state index contributed by atoms with van der Waals surface area (Å²) in [6.45, 7) is 4.66. The van der Waals surface area contributed by atoms with Gasteiger partial charge in [-0.15, -0.1) is 10.2 Å². The van der Waals surface area contributed by atoms with E-state index in [0.717, 1.165) is 12.8 Å². The van der Waals surface area contributed by atoms with Crippen molar-refractivity contribution in [2.75, 3.05) is 0 Å². The Kier molecular flexibility index (Phi) is 3.22. The standard InChI is InChI=1S/C8H15N3O/c1-6(2)3-4-7-10-11-8(5-9)12-7/h6H,3-5,9H2,1-2H3. The lowest BCUT2D eigenvalue weighted by molar-refractivity contribution is 0.431. The first kappa shape index (κ1) is 9.19. The molecule has 0 aliphatic heterocycles. The summed E-state index contributed by atoms with van der Waals surface area (Å²) in [6.07, 6.45) is 1.93. The summed E-state index contributed by atoms with van der Waals surface area (Å²) in [5, 5.41) is 7.63. The summed E-state index contributed by atoms with van der Waals surface area (Å²) < 4.78 is 5.24. The van der Waals surface area contributed by atoms with Gasteiger partial charge in [0.25, 0.3) is 0 Å². The lowest BCUT2D eigenvalue weighted by atomic mass is 10.1. The number of aromatic nitrogens is 2. The first-order valence-corrected chi connectivity index (χ1v) is 4.23. The van der Waals surface area contributed by atoms with Gasteiger partial charge in [-0.2, -0.15) is 0 Å². The largest absolute Gasteiger partial charge is 0.424 e. The van der Waals surface area contributed by atoms with Crippen molar-refractivity contribution in [2.24, 2.45) is 11.7 Å². The van der Waals surface area contributed by atoms with E-state index in [1.165, 1.54) is 0 Å². The smallest absolute Gasteiger partial charge is 0.230 e. The Labute approximate surface area is 72.2 Å². The predicted octanol–water partition coefficient (Wildman–Crippen LogP) is 1.12. The number of hydrogen-bond donors (Lipinski definition) is 1. The minimum atomic E-state index is 0.328. The molecular formula is C8H15N3O. The molecule has 0 fully saturated rings. The van der Waals surface area contributed by atoms with E-state index in [2.05, 4.69) is 24.0 Å². The Hall–Kier alpha value is -0.900. The fraction of sp³-hybridized carbons (Fsp3) is 0.750. The van der Waals surface area contributed by atoms with Crippen molar-refractivity contribution in [3.8, 4) is 0 Å². The van der Waals surface area contributed by atoms with Crippen LogP contribution in [0.4, 0.5) is 0 Å². The van der Waals surface area contributed by atoms with Crippen LogP contribution < -0.4 is 5.73 Å². The van der Waals surface area contributed by atoms with E-state index in [-0.39, 0.29) is 0 Å². The van der Waals surface area contributed by atoms with Gasteiger partial charge < -0.3 is 10.2 Å². The van der Waals surface area contributed by atoms with Gasteiger partial charge >= 0.3 is 0 Å². The van der Waals surface area contributed by atoms with E-state index in [1.54, 1.807) is 0 Å². The summed E-state index contributed by atoms with van der Waals surface area (Å²) in [5.74, 6) is 1.89. The highest BCUT2D eigenvalue weighted by atomic mass is 16.4. The molecule has 0 radical (unpaired) electrons. The fourth-order valence-corrected chi connectivity index (χ4v) is 0.884. The molecule has 1 aromatic heterocycles. The van der Waals surface area contributed by atoms with Crippen LogP contribution in [0, 0.1) is 5.92 Å². The third kappa shape index (κ3) is 2.62. The Balaban J connectivity index is 2.41. The van der Waals surface area contributed by atoms with Crippen LogP contribution in [0.5, 0.6) is 0 Å². The molecular weight excluding hydrogens is 154 g/mol. The zero-order valence-corrected chi connectivity index (χ0v) is 7.58. The Morgan fingerprint density at radius 3 is 2.50 bits per heavy atom.